The molecule has 1 heterocycles. The van der Waals surface area contributed by atoms with Crippen LogP contribution in [0.1, 0.15) is 12.0 Å². The summed E-state index contributed by atoms with van der Waals surface area (Å²) in [5.41, 5.74) is 0.814. The van der Waals surface area contributed by atoms with E-state index in [4.69, 9.17) is 10.2 Å². The number of aromatic hydroxyl groups is 1. The van der Waals surface area contributed by atoms with E-state index < -0.39 is 30.0 Å². The maximum Gasteiger partial charge on any atom is 0.351 e. The van der Waals surface area contributed by atoms with Crippen molar-refractivity contribution in [3.8, 4) is 5.75 Å². The van der Waals surface area contributed by atoms with E-state index >= 15 is 0 Å². The predicted octanol–water partition coefficient (Wildman–Crippen LogP) is 0.800. The van der Waals surface area contributed by atoms with Crippen LogP contribution in [-0.4, -0.2) is 56.6 Å². The van der Waals surface area contributed by atoms with Crippen LogP contribution in [0.25, 0.3) is 0 Å². The molecule has 0 aromatic heterocycles. The monoisotopic (exact) mass is 374 g/mol. The molecule has 0 fully saturated rings. The first-order valence-corrected chi connectivity index (χ1v) is 7.93. The van der Waals surface area contributed by atoms with E-state index in [1.807, 2.05) is 0 Å². The van der Waals surface area contributed by atoms with Crippen LogP contribution in [0.15, 0.2) is 52.7 Å². The number of hydrogen-bond acceptors (Lipinski definition) is 6. The van der Waals surface area contributed by atoms with E-state index in [0.717, 1.165) is 0 Å². The minimum absolute atomic E-state index is 0.0355. The molecule has 0 aliphatic carbocycles. The molecule has 9 heteroatoms. The Balaban J connectivity index is 2.15. The highest BCUT2D eigenvalue weighted by molar-refractivity contribution is 5.90. The molecule has 0 unspecified atom stereocenters. The van der Waals surface area contributed by atoms with Crippen molar-refractivity contribution in [2.24, 2.45) is 4.99 Å². The Morgan fingerprint density at radius 1 is 1.19 bits per heavy atom. The Hall–Kier alpha value is -3.62. The van der Waals surface area contributed by atoms with Gasteiger partial charge in [-0.3, -0.25) is 4.99 Å². The van der Waals surface area contributed by atoms with Gasteiger partial charge in [-0.15, -0.1) is 0 Å². The number of benzene rings is 1. The largest absolute Gasteiger partial charge is 0.508 e. The predicted molar refractivity (Wildman–Crippen MR) is 94.7 cm³/mol. The summed E-state index contributed by atoms with van der Waals surface area (Å²) in [7, 11) is 0. The molecule has 0 amide bonds. The number of aliphatic carboxylic acids is 3. The summed E-state index contributed by atoms with van der Waals surface area (Å²) in [5.74, 6) is -3.56. The average molecular weight is 374 g/mol. The van der Waals surface area contributed by atoms with E-state index in [1.165, 1.54) is 30.5 Å². The normalized spacial score (nSPS) is 19.3. The fourth-order valence-corrected chi connectivity index (χ4v) is 2.45. The van der Waals surface area contributed by atoms with E-state index in [9.17, 15) is 24.6 Å². The lowest BCUT2D eigenvalue weighted by Crippen LogP contribution is -2.41. The van der Waals surface area contributed by atoms with Crippen molar-refractivity contribution < 1.29 is 34.8 Å². The van der Waals surface area contributed by atoms with Gasteiger partial charge in [-0.1, -0.05) is 12.1 Å². The molecule has 2 atom stereocenters. The van der Waals surface area contributed by atoms with E-state index in [0.29, 0.717) is 11.1 Å². The zero-order valence-electron chi connectivity index (χ0n) is 14.1. The van der Waals surface area contributed by atoms with Crippen LogP contribution >= 0.6 is 0 Å². The Kier molecular flexibility index (Phi) is 6.32. The molecule has 0 saturated carbocycles. The fourth-order valence-electron chi connectivity index (χ4n) is 2.45. The van der Waals surface area contributed by atoms with Crippen LogP contribution in [0, 0.1) is 0 Å². The third-order valence-corrected chi connectivity index (χ3v) is 3.83. The van der Waals surface area contributed by atoms with Gasteiger partial charge in [0.25, 0.3) is 0 Å². The number of rotatable bonds is 7. The maximum absolute atomic E-state index is 11.4. The molecular formula is C18H18N2O7. The molecule has 0 bridgehead atoms. The van der Waals surface area contributed by atoms with Crippen LogP contribution in [-0.2, 0) is 20.8 Å². The second kappa shape index (κ2) is 8.65. The number of phenolic OH excluding ortho intramolecular Hbond substituents is 1. The molecule has 0 saturated heterocycles. The second-order valence-electron chi connectivity index (χ2n) is 5.87. The first-order chi connectivity index (χ1) is 12.8. The van der Waals surface area contributed by atoms with Crippen molar-refractivity contribution in [1.82, 2.24) is 5.32 Å². The number of hydrogen-bond donors (Lipinski definition) is 5. The van der Waals surface area contributed by atoms with Crippen molar-refractivity contribution in [2.75, 3.05) is 0 Å². The minimum atomic E-state index is -1.29. The fraction of sp³-hybridized carbons (Fsp3) is 0.222. The molecule has 0 spiro atoms. The number of nitrogens with one attached hydrogen (secondary N) is 1. The Bertz CT molecular complexity index is 825. The Morgan fingerprint density at radius 3 is 2.41 bits per heavy atom. The summed E-state index contributed by atoms with van der Waals surface area (Å²) in [5, 5.41) is 39.1. The van der Waals surface area contributed by atoms with Gasteiger partial charge in [0.2, 0.25) is 0 Å². The lowest BCUT2D eigenvalue weighted by Gasteiger charge is -2.21. The van der Waals surface area contributed by atoms with Gasteiger partial charge in [-0.2, -0.15) is 0 Å². The molecular weight excluding hydrogens is 356 g/mol. The molecule has 27 heavy (non-hydrogen) atoms. The standard InChI is InChI=1S/C18H18N2O7/c21-12-3-1-10(2-4-12)7-13(16(22)23)19-6-5-11-8-14(17(24)25)20-15(9-11)18(26)27/h1-6,8,13,15,20-21H,7,9H2,(H,22,23)(H,24,25)(H,26,27)/t13-,15-/m0/s1. The molecule has 1 aromatic rings. The van der Waals surface area contributed by atoms with E-state index in [-0.39, 0.29) is 24.3 Å². The van der Waals surface area contributed by atoms with Crippen molar-refractivity contribution in [3.05, 3.63) is 53.3 Å². The number of carbonyl (C=O) groups is 3. The van der Waals surface area contributed by atoms with Crippen molar-refractivity contribution in [1.29, 1.82) is 0 Å². The van der Waals surface area contributed by atoms with Gasteiger partial charge in [-0.25, -0.2) is 14.4 Å². The molecule has 0 radical (unpaired) electrons. The summed E-state index contributed by atoms with van der Waals surface area (Å²) in [4.78, 5) is 37.6. The van der Waals surface area contributed by atoms with Crippen LogP contribution in [0.5, 0.6) is 5.75 Å². The third kappa shape index (κ3) is 5.70. The molecule has 9 nitrogen and oxygen atoms in total. The van der Waals surface area contributed by atoms with Gasteiger partial charge < -0.3 is 25.7 Å². The molecule has 2 rings (SSSR count). The van der Waals surface area contributed by atoms with Gasteiger partial charge in [-0.05, 0) is 35.4 Å². The zero-order valence-corrected chi connectivity index (χ0v) is 14.1. The topological polar surface area (TPSA) is 157 Å². The second-order valence-corrected chi connectivity index (χ2v) is 5.87. The number of phenols is 1. The van der Waals surface area contributed by atoms with Crippen LogP contribution in [0.2, 0.25) is 0 Å². The maximum atomic E-state index is 11.4. The van der Waals surface area contributed by atoms with Crippen molar-refractivity contribution in [2.45, 2.75) is 24.9 Å². The number of nitrogens with zero attached hydrogens (tertiary/aromatic N) is 1. The van der Waals surface area contributed by atoms with Gasteiger partial charge in [0.15, 0.2) is 6.04 Å². The summed E-state index contributed by atoms with van der Waals surface area (Å²) in [6.07, 6.45) is 4.05. The zero-order chi connectivity index (χ0) is 20.0. The lowest BCUT2D eigenvalue weighted by atomic mass is 10.00. The van der Waals surface area contributed by atoms with Gasteiger partial charge in [0.1, 0.15) is 17.5 Å². The molecule has 1 aromatic carbocycles. The SMILES string of the molecule is O=C(O)C1=CC(=CC=N[C@@H](Cc2ccc(O)cc2)C(=O)O)C[C@@H](C(=O)O)N1. The average Bonchev–Trinajstić information content (AvgIpc) is 2.62. The van der Waals surface area contributed by atoms with Crippen molar-refractivity contribution >= 4 is 24.1 Å². The Labute approximate surface area is 154 Å². The first-order valence-electron chi connectivity index (χ1n) is 7.93. The van der Waals surface area contributed by atoms with E-state index in [2.05, 4.69) is 10.3 Å². The van der Waals surface area contributed by atoms with Crippen molar-refractivity contribution in [3.63, 3.8) is 0 Å². The highest BCUT2D eigenvalue weighted by Crippen LogP contribution is 2.17. The Morgan fingerprint density at radius 2 is 1.85 bits per heavy atom. The number of carboxylic acid groups (broad SMARTS) is 3. The van der Waals surface area contributed by atoms with Gasteiger partial charge in [0.05, 0.1) is 0 Å². The van der Waals surface area contributed by atoms with Crippen LogP contribution < -0.4 is 5.32 Å². The highest BCUT2D eigenvalue weighted by Gasteiger charge is 2.26. The smallest absolute Gasteiger partial charge is 0.351 e. The highest BCUT2D eigenvalue weighted by atomic mass is 16.4. The molecule has 5 N–H and O–H groups in total. The first kappa shape index (κ1) is 19.7. The molecule has 142 valence electrons. The third-order valence-electron chi connectivity index (χ3n) is 3.83. The quantitative estimate of drug-likeness (QED) is 0.439. The van der Waals surface area contributed by atoms with Crippen LogP contribution in [0.3, 0.4) is 0 Å². The number of aliphatic imine (C=N–C) groups is 1. The van der Waals surface area contributed by atoms with Gasteiger partial charge >= 0.3 is 17.9 Å². The molecule has 1 aliphatic rings. The summed E-state index contributed by atoms with van der Waals surface area (Å²) in [6.45, 7) is 0. The van der Waals surface area contributed by atoms with E-state index in [1.54, 1.807) is 12.1 Å². The lowest BCUT2D eigenvalue weighted by molar-refractivity contribution is -0.140. The number of carboxylic acids is 3. The summed E-state index contributed by atoms with van der Waals surface area (Å²) >= 11 is 0. The number of allylic oxidation sites excluding steroid dienone is 2. The summed E-state index contributed by atoms with van der Waals surface area (Å²) in [6, 6.07) is 3.90. The molecule has 1 aliphatic heterocycles. The summed E-state index contributed by atoms with van der Waals surface area (Å²) < 4.78 is 0. The minimum Gasteiger partial charge on any atom is -0.508 e. The van der Waals surface area contributed by atoms with Crippen LogP contribution in [0.4, 0.5) is 0 Å². The van der Waals surface area contributed by atoms with Gasteiger partial charge in [0, 0.05) is 19.1 Å².